The van der Waals surface area contributed by atoms with Gasteiger partial charge < -0.3 is 24.8 Å². The zero-order valence-electron chi connectivity index (χ0n) is 18.8. The van der Waals surface area contributed by atoms with Gasteiger partial charge in [-0.3, -0.25) is 9.69 Å². The molecular weight excluding hydrogens is 414 g/mol. The lowest BCUT2D eigenvalue weighted by molar-refractivity contribution is -0.149. The maximum Gasteiger partial charge on any atom is 0.338 e. The van der Waals surface area contributed by atoms with Crippen LogP contribution < -0.4 is 15.4 Å². The Labute approximate surface area is 188 Å². The Hall–Kier alpha value is -3.07. The van der Waals surface area contributed by atoms with Gasteiger partial charge in [-0.25, -0.2) is 9.59 Å². The fourth-order valence-electron chi connectivity index (χ4n) is 4.05. The molecule has 3 rings (SSSR count). The van der Waals surface area contributed by atoms with Crippen molar-refractivity contribution in [2.45, 2.75) is 32.7 Å². The minimum Gasteiger partial charge on any atom is -0.497 e. The number of benzene rings is 1. The standard InChI is InChI=1S/C23H31N3O6/c1-4-31-21(27)16-10-12-26(13-11-16)14-18-19(22(28)32-5-2)20(25-23(29)24-18)15-6-8-17(30-3)9-7-15/h6-9,16,20H,4-5,10-14H2,1-3H3,(H2,24,25,29). The summed E-state index contributed by atoms with van der Waals surface area (Å²) in [6, 6.07) is 6.18. The summed E-state index contributed by atoms with van der Waals surface area (Å²) in [5, 5.41) is 5.63. The molecule has 1 fully saturated rings. The summed E-state index contributed by atoms with van der Waals surface area (Å²) in [6.45, 7) is 5.86. The van der Waals surface area contributed by atoms with Gasteiger partial charge in [-0.1, -0.05) is 12.1 Å². The number of nitrogens with zero attached hydrogens (tertiary/aromatic N) is 1. The van der Waals surface area contributed by atoms with E-state index in [1.54, 1.807) is 33.1 Å². The molecule has 32 heavy (non-hydrogen) atoms. The van der Waals surface area contributed by atoms with Crippen molar-refractivity contribution in [2.24, 2.45) is 5.92 Å². The van der Waals surface area contributed by atoms with E-state index in [0.717, 1.165) is 5.56 Å². The summed E-state index contributed by atoms with van der Waals surface area (Å²) in [4.78, 5) is 39.5. The Morgan fingerprint density at radius 2 is 1.72 bits per heavy atom. The second-order valence-electron chi connectivity index (χ2n) is 7.72. The van der Waals surface area contributed by atoms with Crippen LogP contribution in [0.2, 0.25) is 0 Å². The number of ether oxygens (including phenoxy) is 3. The molecule has 2 aliphatic rings. The van der Waals surface area contributed by atoms with Crippen LogP contribution in [-0.4, -0.2) is 62.8 Å². The highest BCUT2D eigenvalue weighted by atomic mass is 16.5. The van der Waals surface area contributed by atoms with Crippen LogP contribution in [-0.2, 0) is 19.1 Å². The number of likely N-dealkylation sites (tertiary alicyclic amines) is 1. The summed E-state index contributed by atoms with van der Waals surface area (Å²) < 4.78 is 15.7. The van der Waals surface area contributed by atoms with E-state index in [9.17, 15) is 14.4 Å². The topological polar surface area (TPSA) is 106 Å². The van der Waals surface area contributed by atoms with Gasteiger partial charge >= 0.3 is 18.0 Å². The highest BCUT2D eigenvalue weighted by Gasteiger charge is 2.35. The number of esters is 2. The molecule has 0 bridgehead atoms. The molecule has 1 unspecified atom stereocenters. The van der Waals surface area contributed by atoms with Crippen LogP contribution in [0.15, 0.2) is 35.5 Å². The fraction of sp³-hybridized carbons (Fsp3) is 0.522. The second kappa shape index (κ2) is 11.0. The van der Waals surface area contributed by atoms with Crippen LogP contribution in [0.1, 0.15) is 38.3 Å². The number of piperidine rings is 1. The monoisotopic (exact) mass is 445 g/mol. The van der Waals surface area contributed by atoms with E-state index >= 15 is 0 Å². The van der Waals surface area contributed by atoms with Crippen LogP contribution >= 0.6 is 0 Å². The van der Waals surface area contributed by atoms with Gasteiger partial charge in [-0.2, -0.15) is 0 Å². The predicted molar refractivity (Wildman–Crippen MR) is 117 cm³/mol. The number of carbonyl (C=O) groups excluding carboxylic acids is 3. The van der Waals surface area contributed by atoms with Crippen molar-refractivity contribution in [3.05, 3.63) is 41.1 Å². The lowest BCUT2D eigenvalue weighted by Gasteiger charge is -2.35. The molecule has 1 saturated heterocycles. The number of amides is 2. The Balaban J connectivity index is 1.83. The third-order valence-electron chi connectivity index (χ3n) is 5.69. The minimum absolute atomic E-state index is 0.112. The Bertz CT molecular complexity index is 859. The lowest BCUT2D eigenvalue weighted by Crippen LogP contribution is -2.49. The smallest absolute Gasteiger partial charge is 0.338 e. The Morgan fingerprint density at radius 1 is 1.06 bits per heavy atom. The first kappa shape index (κ1) is 23.6. The van der Waals surface area contributed by atoms with E-state index in [1.807, 2.05) is 12.1 Å². The van der Waals surface area contributed by atoms with Gasteiger partial charge in [0.05, 0.1) is 37.9 Å². The molecule has 0 aromatic heterocycles. The molecule has 174 valence electrons. The van der Waals surface area contributed by atoms with E-state index < -0.39 is 12.0 Å². The van der Waals surface area contributed by atoms with Gasteiger partial charge in [0.1, 0.15) is 5.75 Å². The minimum atomic E-state index is -0.638. The SMILES string of the molecule is CCOC(=O)C1=C(CN2CCC(C(=O)OCC)CC2)NC(=O)NC1c1ccc(OC)cc1. The third kappa shape index (κ3) is 5.59. The largest absolute Gasteiger partial charge is 0.497 e. The summed E-state index contributed by atoms with van der Waals surface area (Å²) in [6.07, 6.45) is 1.35. The molecule has 0 aliphatic carbocycles. The van der Waals surface area contributed by atoms with Crippen molar-refractivity contribution in [1.29, 1.82) is 0 Å². The molecule has 2 heterocycles. The summed E-state index contributed by atoms with van der Waals surface area (Å²) in [5.41, 5.74) is 1.65. The second-order valence-corrected chi connectivity index (χ2v) is 7.72. The van der Waals surface area contributed by atoms with E-state index in [1.165, 1.54) is 0 Å². The van der Waals surface area contributed by atoms with Crippen molar-refractivity contribution in [1.82, 2.24) is 15.5 Å². The first-order valence-electron chi connectivity index (χ1n) is 11.0. The molecule has 2 amide bonds. The van der Waals surface area contributed by atoms with Gasteiger partial charge in [0.2, 0.25) is 0 Å². The Kier molecular flexibility index (Phi) is 8.10. The van der Waals surface area contributed by atoms with Gasteiger partial charge in [0, 0.05) is 12.2 Å². The molecule has 0 radical (unpaired) electrons. The Morgan fingerprint density at radius 3 is 2.31 bits per heavy atom. The van der Waals surface area contributed by atoms with E-state index in [2.05, 4.69) is 15.5 Å². The van der Waals surface area contributed by atoms with Crippen LogP contribution in [0.3, 0.4) is 0 Å². The maximum atomic E-state index is 12.9. The maximum absolute atomic E-state index is 12.9. The molecule has 1 atom stereocenters. The van der Waals surface area contributed by atoms with Crippen LogP contribution in [0.4, 0.5) is 4.79 Å². The van der Waals surface area contributed by atoms with Gasteiger partial charge in [-0.05, 0) is 57.5 Å². The molecular formula is C23H31N3O6. The number of carbonyl (C=O) groups is 3. The number of nitrogens with one attached hydrogen (secondary N) is 2. The molecule has 1 aromatic rings. The van der Waals surface area contributed by atoms with Crippen molar-refractivity contribution >= 4 is 18.0 Å². The first-order valence-corrected chi connectivity index (χ1v) is 11.0. The van der Waals surface area contributed by atoms with Gasteiger partial charge in [0.15, 0.2) is 0 Å². The predicted octanol–water partition coefficient (Wildman–Crippen LogP) is 2.14. The fourth-order valence-corrected chi connectivity index (χ4v) is 4.05. The van der Waals surface area contributed by atoms with Crippen molar-refractivity contribution in [2.75, 3.05) is 40.0 Å². The summed E-state index contributed by atoms with van der Waals surface area (Å²) in [5.74, 6) is -0.0646. The average Bonchev–Trinajstić information content (AvgIpc) is 2.79. The number of hydrogen-bond acceptors (Lipinski definition) is 7. The highest BCUT2D eigenvalue weighted by Crippen LogP contribution is 2.30. The lowest BCUT2D eigenvalue weighted by atomic mass is 9.93. The molecule has 2 N–H and O–H groups in total. The highest BCUT2D eigenvalue weighted by molar-refractivity contribution is 5.95. The van der Waals surface area contributed by atoms with Crippen molar-refractivity contribution in [3.63, 3.8) is 0 Å². The molecule has 9 heteroatoms. The van der Waals surface area contributed by atoms with Crippen LogP contribution in [0.25, 0.3) is 0 Å². The average molecular weight is 446 g/mol. The van der Waals surface area contributed by atoms with Crippen LogP contribution in [0, 0.1) is 5.92 Å². The zero-order valence-corrected chi connectivity index (χ0v) is 18.8. The van der Waals surface area contributed by atoms with E-state index in [-0.39, 0.29) is 24.5 Å². The molecule has 9 nitrogen and oxygen atoms in total. The summed E-state index contributed by atoms with van der Waals surface area (Å²) >= 11 is 0. The number of hydrogen-bond donors (Lipinski definition) is 2. The molecule has 1 aromatic carbocycles. The number of methoxy groups -OCH3 is 1. The van der Waals surface area contributed by atoms with Crippen molar-refractivity contribution < 1.29 is 28.6 Å². The molecule has 0 spiro atoms. The van der Waals surface area contributed by atoms with Crippen LogP contribution in [0.5, 0.6) is 5.75 Å². The van der Waals surface area contributed by atoms with Crippen molar-refractivity contribution in [3.8, 4) is 5.75 Å². The van der Waals surface area contributed by atoms with E-state index in [0.29, 0.717) is 56.1 Å². The summed E-state index contributed by atoms with van der Waals surface area (Å²) in [7, 11) is 1.58. The van der Waals surface area contributed by atoms with Gasteiger partial charge in [-0.15, -0.1) is 0 Å². The van der Waals surface area contributed by atoms with Gasteiger partial charge in [0.25, 0.3) is 0 Å². The molecule has 0 saturated carbocycles. The zero-order chi connectivity index (χ0) is 23.1. The quantitative estimate of drug-likeness (QED) is 0.591. The number of urea groups is 1. The number of rotatable bonds is 8. The van der Waals surface area contributed by atoms with E-state index in [4.69, 9.17) is 14.2 Å². The normalized spacial score (nSPS) is 19.7. The first-order chi connectivity index (χ1) is 15.5. The third-order valence-corrected chi connectivity index (χ3v) is 5.69. The molecule has 2 aliphatic heterocycles.